The van der Waals surface area contributed by atoms with Crippen LogP contribution in [0.15, 0.2) is 6.20 Å². The second kappa shape index (κ2) is 7.80. The fraction of sp³-hybridized carbons (Fsp3) is 0.765. The van der Waals surface area contributed by atoms with Crippen molar-refractivity contribution in [2.75, 3.05) is 76.9 Å². The number of anilines is 2. The number of likely N-dealkylation sites (N-methyl/N-ethyl adjacent to an activating group) is 1. The molecule has 2 aliphatic heterocycles. The van der Waals surface area contributed by atoms with Gasteiger partial charge < -0.3 is 24.2 Å². The molecule has 3 rings (SSSR count). The van der Waals surface area contributed by atoms with Gasteiger partial charge in [-0.25, -0.2) is 9.37 Å². The second-order valence-electron chi connectivity index (χ2n) is 7.05. The van der Waals surface area contributed by atoms with Crippen LogP contribution in [0.2, 0.25) is 0 Å². The molecule has 2 aliphatic rings. The first kappa shape index (κ1) is 18.3. The number of methoxy groups -OCH3 is 1. The van der Waals surface area contributed by atoms with Crippen LogP contribution in [0.5, 0.6) is 0 Å². The predicted octanol–water partition coefficient (Wildman–Crippen LogP) is 0.999. The van der Waals surface area contributed by atoms with Crippen LogP contribution < -0.4 is 9.80 Å². The molecule has 0 atom stereocenters. The lowest BCUT2D eigenvalue weighted by molar-refractivity contribution is -0.0456. The number of rotatable bonds is 5. The van der Waals surface area contributed by atoms with Gasteiger partial charge in [0.2, 0.25) is 5.95 Å². The van der Waals surface area contributed by atoms with Crippen molar-refractivity contribution in [2.45, 2.75) is 18.4 Å². The zero-order chi connectivity index (χ0) is 17.9. The normalized spacial score (nSPS) is 21.0. The highest BCUT2D eigenvalue weighted by molar-refractivity contribution is 5.45. The van der Waals surface area contributed by atoms with Crippen molar-refractivity contribution >= 4 is 11.8 Å². The minimum absolute atomic E-state index is 0.132. The fourth-order valence-electron chi connectivity index (χ4n) is 3.62. The fourth-order valence-corrected chi connectivity index (χ4v) is 3.62. The molecule has 25 heavy (non-hydrogen) atoms. The summed E-state index contributed by atoms with van der Waals surface area (Å²) in [5.41, 5.74) is -0.132. The van der Waals surface area contributed by atoms with E-state index in [9.17, 15) is 4.39 Å². The molecule has 2 fully saturated rings. The maximum atomic E-state index is 14.2. The molecule has 7 nitrogen and oxygen atoms in total. The van der Waals surface area contributed by atoms with Crippen LogP contribution >= 0.6 is 0 Å². The molecule has 3 heterocycles. The summed E-state index contributed by atoms with van der Waals surface area (Å²) < 4.78 is 25.4. The highest BCUT2D eigenvalue weighted by Gasteiger charge is 2.36. The first-order valence-corrected chi connectivity index (χ1v) is 8.83. The Labute approximate surface area is 148 Å². The van der Waals surface area contributed by atoms with Gasteiger partial charge in [-0.2, -0.15) is 4.98 Å². The molecule has 140 valence electrons. The largest absolute Gasteiger partial charge is 0.378 e. The Morgan fingerprint density at radius 2 is 1.88 bits per heavy atom. The third-order valence-corrected chi connectivity index (χ3v) is 5.02. The van der Waals surface area contributed by atoms with E-state index in [0.717, 1.165) is 32.5 Å². The van der Waals surface area contributed by atoms with Crippen LogP contribution in [0.4, 0.5) is 16.2 Å². The predicted molar refractivity (Wildman–Crippen MR) is 94.8 cm³/mol. The molecule has 0 unspecified atom stereocenters. The van der Waals surface area contributed by atoms with E-state index in [1.54, 1.807) is 7.11 Å². The molecule has 0 amide bonds. The Kier molecular flexibility index (Phi) is 5.71. The summed E-state index contributed by atoms with van der Waals surface area (Å²) in [7, 11) is 5.90. The summed E-state index contributed by atoms with van der Waals surface area (Å²) in [6.07, 6.45) is 3.08. The van der Waals surface area contributed by atoms with E-state index in [1.807, 2.05) is 4.90 Å². The Morgan fingerprint density at radius 1 is 1.20 bits per heavy atom. The molecule has 8 heteroatoms. The average molecular weight is 353 g/mol. The van der Waals surface area contributed by atoms with E-state index in [4.69, 9.17) is 9.47 Å². The van der Waals surface area contributed by atoms with E-state index < -0.39 is 0 Å². The number of ether oxygens (including phenoxy) is 2. The smallest absolute Gasteiger partial charge is 0.227 e. The highest BCUT2D eigenvalue weighted by Crippen LogP contribution is 2.29. The highest BCUT2D eigenvalue weighted by atomic mass is 19.1. The Balaban J connectivity index is 1.71. The molecule has 0 spiro atoms. The van der Waals surface area contributed by atoms with Crippen LogP contribution in [0.25, 0.3) is 0 Å². The van der Waals surface area contributed by atoms with Gasteiger partial charge in [0.15, 0.2) is 11.6 Å². The molecular formula is C17H28FN5O2. The average Bonchev–Trinajstić information content (AvgIpc) is 2.63. The number of hydrogen-bond donors (Lipinski definition) is 0. The summed E-state index contributed by atoms with van der Waals surface area (Å²) in [4.78, 5) is 14.9. The zero-order valence-corrected chi connectivity index (χ0v) is 15.4. The van der Waals surface area contributed by atoms with Crippen molar-refractivity contribution in [3.8, 4) is 0 Å². The Morgan fingerprint density at radius 3 is 2.48 bits per heavy atom. The van der Waals surface area contributed by atoms with Crippen LogP contribution in [0.1, 0.15) is 12.8 Å². The van der Waals surface area contributed by atoms with Crippen LogP contribution in [0, 0.1) is 5.82 Å². The standard InChI is InChI=1S/C17H28FN5O2/c1-21(2)13-17(24-3)4-6-23(7-5-17)16-19-12-14(18)15(20-16)22-8-10-25-11-9-22/h12H,4-11,13H2,1-3H3. The van der Waals surface area contributed by atoms with E-state index in [1.165, 1.54) is 6.20 Å². The van der Waals surface area contributed by atoms with Gasteiger partial charge >= 0.3 is 0 Å². The summed E-state index contributed by atoms with van der Waals surface area (Å²) in [5.74, 6) is 0.601. The van der Waals surface area contributed by atoms with Gasteiger partial charge in [0, 0.05) is 39.8 Å². The molecule has 0 saturated carbocycles. The summed E-state index contributed by atoms with van der Waals surface area (Å²) in [6.45, 7) is 5.01. The lowest BCUT2D eigenvalue weighted by Gasteiger charge is -2.42. The van der Waals surface area contributed by atoms with Gasteiger partial charge in [0.1, 0.15) is 0 Å². The molecule has 0 radical (unpaired) electrons. The van der Waals surface area contributed by atoms with Crippen LogP contribution in [0.3, 0.4) is 0 Å². The van der Waals surface area contributed by atoms with Crippen LogP contribution in [-0.2, 0) is 9.47 Å². The van der Waals surface area contributed by atoms with E-state index in [2.05, 4.69) is 33.9 Å². The van der Waals surface area contributed by atoms with E-state index in [-0.39, 0.29) is 11.4 Å². The third-order valence-electron chi connectivity index (χ3n) is 5.02. The van der Waals surface area contributed by atoms with Crippen molar-refractivity contribution in [1.82, 2.24) is 14.9 Å². The van der Waals surface area contributed by atoms with Crippen molar-refractivity contribution in [3.63, 3.8) is 0 Å². The Hall–Kier alpha value is -1.51. The molecule has 1 aromatic heterocycles. The van der Waals surface area contributed by atoms with Crippen molar-refractivity contribution < 1.29 is 13.9 Å². The molecule has 0 N–H and O–H groups in total. The van der Waals surface area contributed by atoms with E-state index in [0.29, 0.717) is 38.1 Å². The van der Waals surface area contributed by atoms with Gasteiger partial charge in [0.25, 0.3) is 0 Å². The number of morpholine rings is 1. The SMILES string of the molecule is COC1(CN(C)C)CCN(c2ncc(F)c(N3CCOCC3)n2)CC1. The van der Waals surface area contributed by atoms with Gasteiger partial charge in [-0.1, -0.05) is 0 Å². The van der Waals surface area contributed by atoms with Crippen LogP contribution in [-0.4, -0.2) is 87.6 Å². The Bertz CT molecular complexity index is 572. The molecule has 1 aromatic rings. The van der Waals surface area contributed by atoms with E-state index >= 15 is 0 Å². The van der Waals surface area contributed by atoms with Gasteiger partial charge in [0.05, 0.1) is 25.0 Å². The lowest BCUT2D eigenvalue weighted by Crippen LogP contribution is -2.51. The molecule has 2 saturated heterocycles. The summed E-state index contributed by atoms with van der Waals surface area (Å²) in [6, 6.07) is 0. The van der Waals surface area contributed by atoms with Gasteiger partial charge in [-0.3, -0.25) is 0 Å². The number of halogens is 1. The zero-order valence-electron chi connectivity index (χ0n) is 15.4. The van der Waals surface area contributed by atoms with Crippen molar-refractivity contribution in [2.24, 2.45) is 0 Å². The minimum Gasteiger partial charge on any atom is -0.378 e. The van der Waals surface area contributed by atoms with Gasteiger partial charge in [-0.15, -0.1) is 0 Å². The number of piperidine rings is 1. The lowest BCUT2D eigenvalue weighted by atomic mass is 9.90. The first-order chi connectivity index (χ1) is 12.0. The summed E-state index contributed by atoms with van der Waals surface area (Å²) in [5, 5.41) is 0. The number of hydrogen-bond acceptors (Lipinski definition) is 7. The molecule has 0 bridgehead atoms. The maximum absolute atomic E-state index is 14.2. The monoisotopic (exact) mass is 353 g/mol. The third kappa shape index (κ3) is 4.19. The second-order valence-corrected chi connectivity index (χ2v) is 7.05. The number of aromatic nitrogens is 2. The van der Waals surface area contributed by atoms with Crippen molar-refractivity contribution in [3.05, 3.63) is 12.0 Å². The maximum Gasteiger partial charge on any atom is 0.227 e. The summed E-state index contributed by atoms with van der Waals surface area (Å²) >= 11 is 0. The minimum atomic E-state index is -0.374. The number of nitrogens with zero attached hydrogens (tertiary/aromatic N) is 5. The van der Waals surface area contributed by atoms with Gasteiger partial charge in [-0.05, 0) is 26.9 Å². The quantitative estimate of drug-likeness (QED) is 0.783. The molecular weight excluding hydrogens is 325 g/mol. The molecule has 0 aromatic carbocycles. The topological polar surface area (TPSA) is 54.0 Å². The van der Waals surface area contributed by atoms with Crippen molar-refractivity contribution in [1.29, 1.82) is 0 Å². The molecule has 0 aliphatic carbocycles. The first-order valence-electron chi connectivity index (χ1n) is 8.83.